The van der Waals surface area contributed by atoms with Gasteiger partial charge in [-0.05, 0) is 31.8 Å². The van der Waals surface area contributed by atoms with Gasteiger partial charge in [0.05, 0.1) is 0 Å². The summed E-state index contributed by atoms with van der Waals surface area (Å²) in [6.45, 7) is 5.82. The summed E-state index contributed by atoms with van der Waals surface area (Å²) in [5.74, 6) is 1.35. The molecule has 1 atom stereocenters. The second-order valence-corrected chi connectivity index (χ2v) is 5.86. The Bertz CT molecular complexity index is 322. The van der Waals surface area contributed by atoms with Crippen molar-refractivity contribution in [1.82, 2.24) is 15.5 Å². The monoisotopic (exact) mass is 307 g/mol. The number of carbonyl (C=O) groups is 2. The van der Waals surface area contributed by atoms with Crippen molar-refractivity contribution in [3.05, 3.63) is 0 Å². The van der Waals surface area contributed by atoms with Gasteiger partial charge in [0, 0.05) is 18.8 Å². The lowest BCUT2D eigenvalue weighted by molar-refractivity contribution is -0.133. The number of amides is 2. The molecule has 7 heteroatoms. The summed E-state index contributed by atoms with van der Waals surface area (Å²) in [5.41, 5.74) is 0. The van der Waals surface area contributed by atoms with Gasteiger partial charge in [0.2, 0.25) is 5.91 Å². The van der Waals surface area contributed by atoms with E-state index in [-0.39, 0.29) is 29.6 Å². The normalized spacial score (nSPS) is 23.9. The molecular weight excluding hydrogens is 286 g/mol. The van der Waals surface area contributed by atoms with Gasteiger partial charge < -0.3 is 15.5 Å². The number of hydrogen-bond donors (Lipinski definition) is 2. The van der Waals surface area contributed by atoms with Gasteiger partial charge in [0.15, 0.2) is 0 Å². The molecule has 0 radical (unpaired) electrons. The van der Waals surface area contributed by atoms with E-state index in [1.165, 1.54) is 11.8 Å². The fraction of sp³-hybridized carbons (Fsp3) is 0.833. The second kappa shape index (κ2) is 7.97. The van der Waals surface area contributed by atoms with Crippen molar-refractivity contribution in [3.63, 3.8) is 0 Å². The van der Waals surface area contributed by atoms with Crippen molar-refractivity contribution in [1.29, 1.82) is 0 Å². The van der Waals surface area contributed by atoms with E-state index in [2.05, 4.69) is 17.6 Å². The number of halogens is 1. The summed E-state index contributed by atoms with van der Waals surface area (Å²) >= 11 is 1.20. The molecule has 0 aromatic carbocycles. The number of piperidine rings is 1. The molecule has 0 bridgehead atoms. The molecule has 0 saturated carbocycles. The SMILES string of the molecule is CCNCC1CCN(C(=O)[C@@H]2CSC(=O)N2)CC1.Cl. The van der Waals surface area contributed by atoms with Gasteiger partial charge in [0.1, 0.15) is 6.04 Å². The molecule has 2 saturated heterocycles. The molecule has 19 heavy (non-hydrogen) atoms. The lowest BCUT2D eigenvalue weighted by atomic mass is 9.96. The van der Waals surface area contributed by atoms with Crippen LogP contribution in [0.15, 0.2) is 0 Å². The summed E-state index contributed by atoms with van der Waals surface area (Å²) in [4.78, 5) is 25.1. The van der Waals surface area contributed by atoms with Crippen LogP contribution in [0.2, 0.25) is 0 Å². The van der Waals surface area contributed by atoms with Crippen LogP contribution >= 0.6 is 24.2 Å². The Balaban J connectivity index is 0.00000180. The molecule has 2 aliphatic heterocycles. The minimum Gasteiger partial charge on any atom is -0.341 e. The van der Waals surface area contributed by atoms with Crippen LogP contribution in [0.5, 0.6) is 0 Å². The molecule has 0 spiro atoms. The van der Waals surface area contributed by atoms with Gasteiger partial charge >= 0.3 is 0 Å². The predicted octanol–water partition coefficient (Wildman–Crippen LogP) is 1.08. The lowest BCUT2D eigenvalue weighted by Crippen LogP contribution is -2.49. The average Bonchev–Trinajstić information content (AvgIpc) is 2.83. The maximum atomic E-state index is 12.1. The van der Waals surface area contributed by atoms with E-state index in [9.17, 15) is 9.59 Å². The predicted molar refractivity (Wildman–Crippen MR) is 79.9 cm³/mol. The zero-order valence-corrected chi connectivity index (χ0v) is 12.8. The zero-order valence-electron chi connectivity index (χ0n) is 11.2. The highest BCUT2D eigenvalue weighted by Gasteiger charge is 2.33. The Morgan fingerprint density at radius 3 is 2.68 bits per heavy atom. The van der Waals surface area contributed by atoms with Crippen LogP contribution in [-0.2, 0) is 4.79 Å². The first-order valence-electron chi connectivity index (χ1n) is 6.63. The van der Waals surface area contributed by atoms with Crippen LogP contribution < -0.4 is 10.6 Å². The maximum absolute atomic E-state index is 12.1. The summed E-state index contributed by atoms with van der Waals surface area (Å²) in [5, 5.41) is 6.00. The van der Waals surface area contributed by atoms with Gasteiger partial charge in [-0.3, -0.25) is 9.59 Å². The van der Waals surface area contributed by atoms with Crippen molar-refractivity contribution < 1.29 is 9.59 Å². The van der Waals surface area contributed by atoms with Gasteiger partial charge in [-0.25, -0.2) is 0 Å². The van der Waals surface area contributed by atoms with Gasteiger partial charge in [-0.2, -0.15) is 0 Å². The molecule has 0 aliphatic carbocycles. The van der Waals surface area contributed by atoms with E-state index in [1.54, 1.807) is 0 Å². The third-order valence-corrected chi connectivity index (χ3v) is 4.46. The lowest BCUT2D eigenvalue weighted by Gasteiger charge is -2.33. The molecular formula is C12H22ClN3O2S. The van der Waals surface area contributed by atoms with E-state index in [0.717, 1.165) is 39.0 Å². The van der Waals surface area contributed by atoms with Crippen molar-refractivity contribution in [2.24, 2.45) is 5.92 Å². The van der Waals surface area contributed by atoms with Crippen LogP contribution in [0.25, 0.3) is 0 Å². The standard InChI is InChI=1S/C12H21N3O2S.ClH/c1-2-13-7-9-3-5-15(6-4-9)11(16)10-8-18-12(17)14-10;/h9-10,13H,2-8H2,1H3,(H,14,17);1H/t10-;/m0./s1. The molecule has 2 aliphatic rings. The van der Waals surface area contributed by atoms with Crippen LogP contribution in [0.4, 0.5) is 4.79 Å². The molecule has 0 aromatic heterocycles. The van der Waals surface area contributed by atoms with Gasteiger partial charge in [0.25, 0.3) is 5.24 Å². The second-order valence-electron chi connectivity index (χ2n) is 4.87. The summed E-state index contributed by atoms with van der Waals surface area (Å²) in [6, 6.07) is -0.298. The summed E-state index contributed by atoms with van der Waals surface area (Å²) in [6.07, 6.45) is 2.12. The number of thioether (sulfide) groups is 1. The van der Waals surface area contributed by atoms with E-state index >= 15 is 0 Å². The number of likely N-dealkylation sites (tertiary alicyclic amines) is 1. The molecule has 2 amide bonds. The molecule has 2 rings (SSSR count). The quantitative estimate of drug-likeness (QED) is 0.816. The van der Waals surface area contributed by atoms with Gasteiger partial charge in [-0.15, -0.1) is 12.4 Å². The largest absolute Gasteiger partial charge is 0.341 e. The van der Waals surface area contributed by atoms with Gasteiger partial charge in [-0.1, -0.05) is 18.7 Å². The number of rotatable bonds is 4. The third kappa shape index (κ3) is 4.54. The van der Waals surface area contributed by atoms with E-state index in [4.69, 9.17) is 0 Å². The fourth-order valence-corrected chi connectivity index (χ4v) is 3.21. The molecule has 2 heterocycles. The Labute approximate surface area is 124 Å². The molecule has 2 fully saturated rings. The first-order chi connectivity index (χ1) is 8.70. The Hall–Kier alpha value is -0.460. The highest BCUT2D eigenvalue weighted by Crippen LogP contribution is 2.20. The highest BCUT2D eigenvalue weighted by atomic mass is 35.5. The Kier molecular flexibility index (Phi) is 6.96. The highest BCUT2D eigenvalue weighted by molar-refractivity contribution is 8.14. The minimum atomic E-state index is -0.298. The first-order valence-corrected chi connectivity index (χ1v) is 7.62. The number of nitrogens with zero attached hydrogens (tertiary/aromatic N) is 1. The number of carbonyl (C=O) groups excluding carboxylic acids is 2. The first kappa shape index (κ1) is 16.6. The van der Waals surface area contributed by atoms with E-state index < -0.39 is 0 Å². The van der Waals surface area contributed by atoms with Crippen LogP contribution in [0, 0.1) is 5.92 Å². The van der Waals surface area contributed by atoms with Crippen LogP contribution in [0.3, 0.4) is 0 Å². The molecule has 5 nitrogen and oxygen atoms in total. The minimum absolute atomic E-state index is 0. The van der Waals surface area contributed by atoms with Crippen molar-refractivity contribution in [3.8, 4) is 0 Å². The molecule has 2 N–H and O–H groups in total. The van der Waals surface area contributed by atoms with Crippen molar-refractivity contribution in [2.75, 3.05) is 31.9 Å². The summed E-state index contributed by atoms with van der Waals surface area (Å²) < 4.78 is 0. The number of nitrogens with one attached hydrogen (secondary N) is 2. The zero-order chi connectivity index (χ0) is 13.0. The average molecular weight is 308 g/mol. The van der Waals surface area contributed by atoms with E-state index in [1.807, 2.05) is 4.90 Å². The summed E-state index contributed by atoms with van der Waals surface area (Å²) in [7, 11) is 0. The fourth-order valence-electron chi connectivity index (χ4n) is 2.44. The molecule has 0 unspecified atom stereocenters. The molecule has 110 valence electrons. The smallest absolute Gasteiger partial charge is 0.279 e. The van der Waals surface area contributed by atoms with Crippen LogP contribution in [-0.4, -0.2) is 54.0 Å². The van der Waals surface area contributed by atoms with Crippen molar-refractivity contribution >= 4 is 35.3 Å². The topological polar surface area (TPSA) is 61.4 Å². The number of hydrogen-bond acceptors (Lipinski definition) is 4. The Morgan fingerprint density at radius 2 is 2.16 bits per heavy atom. The third-order valence-electron chi connectivity index (χ3n) is 3.58. The van der Waals surface area contributed by atoms with Crippen molar-refractivity contribution in [2.45, 2.75) is 25.8 Å². The Morgan fingerprint density at radius 1 is 1.47 bits per heavy atom. The van der Waals surface area contributed by atoms with E-state index in [0.29, 0.717) is 11.7 Å². The molecule has 0 aromatic rings. The van der Waals surface area contributed by atoms with Crippen LogP contribution in [0.1, 0.15) is 19.8 Å². The maximum Gasteiger partial charge on any atom is 0.279 e.